The molecule has 3 heterocycles. The van der Waals surface area contributed by atoms with Crippen LogP contribution in [-0.2, 0) is 11.3 Å². The number of benzene rings is 1. The van der Waals surface area contributed by atoms with Gasteiger partial charge in [0.1, 0.15) is 0 Å². The van der Waals surface area contributed by atoms with E-state index in [1.54, 1.807) is 12.3 Å². The van der Waals surface area contributed by atoms with Crippen molar-refractivity contribution in [3.8, 4) is 22.8 Å². The monoisotopic (exact) mass is 489 g/mol. The molecule has 0 aliphatic rings. The molecule has 1 aromatic carbocycles. The Morgan fingerprint density at radius 1 is 1.28 bits per heavy atom. The summed E-state index contributed by atoms with van der Waals surface area (Å²) in [6, 6.07) is 11.5. The Balaban J connectivity index is 1.38. The zero-order valence-electron chi connectivity index (χ0n) is 15.3. The summed E-state index contributed by atoms with van der Waals surface area (Å²) in [4.78, 5) is 16.9. The molecule has 0 unspecified atom stereocenters. The highest BCUT2D eigenvalue weighted by Crippen LogP contribution is 2.27. The first-order valence-corrected chi connectivity index (χ1v) is 11.4. The van der Waals surface area contributed by atoms with Gasteiger partial charge in [-0.1, -0.05) is 39.8 Å². The molecule has 1 N–H and O–H groups in total. The maximum Gasteiger partial charge on any atom is 0.236 e. The molecule has 10 heteroatoms. The number of anilines is 1. The lowest BCUT2D eigenvalue weighted by molar-refractivity contribution is -0.113. The average molecular weight is 490 g/mol. The maximum absolute atomic E-state index is 12.4. The number of thioether (sulfide) groups is 1. The van der Waals surface area contributed by atoms with E-state index in [1.165, 1.54) is 23.1 Å². The van der Waals surface area contributed by atoms with E-state index in [2.05, 4.69) is 36.4 Å². The molecular formula is C19H16BrN5O2S2. The lowest BCUT2D eigenvalue weighted by Crippen LogP contribution is -2.14. The number of aromatic nitrogens is 4. The molecule has 1 amide bonds. The van der Waals surface area contributed by atoms with Crippen LogP contribution in [0.5, 0.6) is 0 Å². The van der Waals surface area contributed by atoms with Gasteiger partial charge in [-0.05, 0) is 31.2 Å². The van der Waals surface area contributed by atoms with E-state index in [1.807, 2.05) is 47.2 Å². The highest BCUT2D eigenvalue weighted by atomic mass is 79.9. The summed E-state index contributed by atoms with van der Waals surface area (Å²) in [5.41, 5.74) is 1.83. The Kier molecular flexibility index (Phi) is 6.12. The minimum Gasteiger partial charge on any atom is -0.461 e. The molecule has 7 nitrogen and oxygen atoms in total. The molecule has 0 fully saturated rings. The van der Waals surface area contributed by atoms with Gasteiger partial charge in [0.25, 0.3) is 0 Å². The first-order chi connectivity index (χ1) is 14.1. The Bertz CT molecular complexity index is 1110. The summed E-state index contributed by atoms with van der Waals surface area (Å²) < 4.78 is 8.34. The van der Waals surface area contributed by atoms with Gasteiger partial charge in [0.2, 0.25) is 5.91 Å². The molecule has 0 atom stereocenters. The van der Waals surface area contributed by atoms with Crippen molar-refractivity contribution >= 4 is 50.1 Å². The van der Waals surface area contributed by atoms with Gasteiger partial charge >= 0.3 is 0 Å². The third-order valence-electron chi connectivity index (χ3n) is 4.00. The Morgan fingerprint density at radius 3 is 2.83 bits per heavy atom. The van der Waals surface area contributed by atoms with Gasteiger partial charge in [-0.3, -0.25) is 9.36 Å². The Hall–Kier alpha value is -2.43. The second kappa shape index (κ2) is 8.93. The van der Waals surface area contributed by atoms with E-state index in [0.717, 1.165) is 15.7 Å². The molecule has 0 saturated heterocycles. The Labute approximate surface area is 183 Å². The standard InChI is InChI=1S/C19H16BrN5O2S2/c1-2-25-17(15-4-3-9-27-15)23-24-19(25)29-11-16(26)22-18-21-14(10-28-18)12-5-7-13(20)8-6-12/h3-10H,2,11H2,1H3,(H,21,22,26). The molecular weight excluding hydrogens is 474 g/mol. The van der Waals surface area contributed by atoms with E-state index in [4.69, 9.17) is 4.42 Å². The largest absolute Gasteiger partial charge is 0.461 e. The molecule has 29 heavy (non-hydrogen) atoms. The lowest BCUT2D eigenvalue weighted by atomic mass is 10.2. The number of hydrogen-bond acceptors (Lipinski definition) is 7. The second-order valence-corrected chi connectivity index (χ2v) is 8.63. The normalized spacial score (nSPS) is 11.0. The van der Waals surface area contributed by atoms with Crippen LogP contribution in [0.15, 0.2) is 62.1 Å². The third-order valence-corrected chi connectivity index (χ3v) is 6.25. The summed E-state index contributed by atoms with van der Waals surface area (Å²) >= 11 is 6.15. The summed E-state index contributed by atoms with van der Waals surface area (Å²) in [6.07, 6.45) is 1.60. The summed E-state index contributed by atoms with van der Waals surface area (Å²) in [7, 11) is 0. The molecule has 4 rings (SSSR count). The fourth-order valence-corrected chi connectivity index (χ4v) is 4.44. The molecule has 148 valence electrons. The van der Waals surface area contributed by atoms with Crippen LogP contribution in [0.1, 0.15) is 6.92 Å². The first kappa shape index (κ1) is 19.9. The van der Waals surface area contributed by atoms with E-state index in [-0.39, 0.29) is 11.7 Å². The number of thiazole rings is 1. The molecule has 0 aliphatic carbocycles. The molecule has 0 saturated carbocycles. The fourth-order valence-electron chi connectivity index (χ4n) is 2.64. The second-order valence-electron chi connectivity index (χ2n) is 5.91. The van der Waals surface area contributed by atoms with Crippen LogP contribution in [0.4, 0.5) is 5.13 Å². The average Bonchev–Trinajstić information content (AvgIpc) is 3.47. The number of nitrogens with zero attached hydrogens (tertiary/aromatic N) is 4. The fraction of sp³-hybridized carbons (Fsp3) is 0.158. The van der Waals surface area contributed by atoms with Crippen molar-refractivity contribution in [1.29, 1.82) is 0 Å². The predicted octanol–water partition coefficient (Wildman–Crippen LogP) is 5.17. The number of furan rings is 1. The van der Waals surface area contributed by atoms with Crippen molar-refractivity contribution in [2.24, 2.45) is 0 Å². The molecule has 0 bridgehead atoms. The third kappa shape index (κ3) is 4.60. The minimum atomic E-state index is -0.142. The van der Waals surface area contributed by atoms with Crippen molar-refractivity contribution in [2.45, 2.75) is 18.6 Å². The Morgan fingerprint density at radius 2 is 2.10 bits per heavy atom. The van der Waals surface area contributed by atoms with Gasteiger partial charge in [-0.2, -0.15) is 0 Å². The van der Waals surface area contributed by atoms with Gasteiger partial charge in [0, 0.05) is 22.0 Å². The van der Waals surface area contributed by atoms with Crippen LogP contribution in [-0.4, -0.2) is 31.4 Å². The summed E-state index contributed by atoms with van der Waals surface area (Å²) in [5, 5.41) is 14.4. The van der Waals surface area contributed by atoms with Gasteiger partial charge in [-0.25, -0.2) is 4.98 Å². The van der Waals surface area contributed by atoms with Gasteiger partial charge < -0.3 is 9.73 Å². The minimum absolute atomic E-state index is 0.142. The van der Waals surface area contributed by atoms with Crippen LogP contribution in [0.3, 0.4) is 0 Å². The van der Waals surface area contributed by atoms with Crippen LogP contribution in [0, 0.1) is 0 Å². The van der Waals surface area contributed by atoms with Crippen LogP contribution >= 0.6 is 39.0 Å². The van der Waals surface area contributed by atoms with Crippen LogP contribution in [0.2, 0.25) is 0 Å². The number of halogens is 1. The van der Waals surface area contributed by atoms with E-state index >= 15 is 0 Å². The molecule has 0 aliphatic heterocycles. The number of carbonyl (C=O) groups excluding carboxylic acids is 1. The number of amides is 1. The van der Waals surface area contributed by atoms with Crippen molar-refractivity contribution in [1.82, 2.24) is 19.7 Å². The SMILES string of the molecule is CCn1c(SCC(=O)Nc2nc(-c3ccc(Br)cc3)cs2)nnc1-c1ccco1. The van der Waals surface area contributed by atoms with Crippen molar-refractivity contribution < 1.29 is 9.21 Å². The van der Waals surface area contributed by atoms with E-state index in [0.29, 0.717) is 28.4 Å². The molecule has 4 aromatic rings. The zero-order chi connectivity index (χ0) is 20.2. The van der Waals surface area contributed by atoms with Gasteiger partial charge in [-0.15, -0.1) is 21.5 Å². The molecule has 0 radical (unpaired) electrons. The number of carbonyl (C=O) groups is 1. The topological polar surface area (TPSA) is 85.8 Å². The van der Waals surface area contributed by atoms with Crippen LogP contribution in [0.25, 0.3) is 22.8 Å². The smallest absolute Gasteiger partial charge is 0.236 e. The zero-order valence-corrected chi connectivity index (χ0v) is 18.6. The van der Waals surface area contributed by atoms with Gasteiger partial charge in [0.15, 0.2) is 21.9 Å². The van der Waals surface area contributed by atoms with E-state index < -0.39 is 0 Å². The molecule has 0 spiro atoms. The summed E-state index contributed by atoms with van der Waals surface area (Å²) in [5.74, 6) is 1.37. The first-order valence-electron chi connectivity index (χ1n) is 8.75. The quantitative estimate of drug-likeness (QED) is 0.360. The highest BCUT2D eigenvalue weighted by molar-refractivity contribution is 9.10. The van der Waals surface area contributed by atoms with Crippen molar-refractivity contribution in [2.75, 3.05) is 11.1 Å². The number of hydrogen-bond donors (Lipinski definition) is 1. The van der Waals surface area contributed by atoms with Crippen molar-refractivity contribution in [3.05, 3.63) is 52.5 Å². The number of nitrogens with one attached hydrogen (secondary N) is 1. The predicted molar refractivity (Wildman–Crippen MR) is 118 cm³/mol. The number of rotatable bonds is 7. The maximum atomic E-state index is 12.4. The lowest BCUT2D eigenvalue weighted by Gasteiger charge is -2.05. The highest BCUT2D eigenvalue weighted by Gasteiger charge is 2.16. The molecule has 3 aromatic heterocycles. The van der Waals surface area contributed by atoms with Crippen molar-refractivity contribution in [3.63, 3.8) is 0 Å². The van der Waals surface area contributed by atoms with Gasteiger partial charge in [0.05, 0.1) is 17.7 Å². The van der Waals surface area contributed by atoms with Crippen LogP contribution < -0.4 is 5.32 Å². The summed E-state index contributed by atoms with van der Waals surface area (Å²) in [6.45, 7) is 2.68. The van der Waals surface area contributed by atoms with E-state index in [9.17, 15) is 4.79 Å².